The highest BCUT2D eigenvalue weighted by atomic mass is 16.6. The van der Waals surface area contributed by atoms with Gasteiger partial charge in [0, 0.05) is 29.3 Å². The summed E-state index contributed by atoms with van der Waals surface area (Å²) in [6.07, 6.45) is 5.42. The molecule has 1 aliphatic rings. The number of nitriles is 1. The Morgan fingerprint density at radius 3 is 2.74 bits per heavy atom. The van der Waals surface area contributed by atoms with Crippen molar-refractivity contribution < 1.29 is 14.1 Å². The molecule has 7 heteroatoms. The topological polar surface area (TPSA) is 109 Å². The molecule has 0 saturated heterocycles. The van der Waals surface area contributed by atoms with Gasteiger partial charge in [0.2, 0.25) is 0 Å². The third kappa shape index (κ3) is 4.23. The first-order chi connectivity index (χ1) is 13.0. The second-order valence-corrected chi connectivity index (χ2v) is 6.59. The Bertz CT molecular complexity index is 946. The van der Waals surface area contributed by atoms with E-state index in [2.05, 4.69) is 5.32 Å². The Morgan fingerprint density at radius 2 is 2.07 bits per heavy atom. The normalized spacial score (nSPS) is 14.7. The molecule has 1 amide bonds. The van der Waals surface area contributed by atoms with Crippen LogP contribution in [0, 0.1) is 28.4 Å². The summed E-state index contributed by atoms with van der Waals surface area (Å²) in [5.41, 5.74) is 1.10. The van der Waals surface area contributed by atoms with Gasteiger partial charge in [-0.2, -0.15) is 5.26 Å². The predicted octanol–water partition coefficient (Wildman–Crippen LogP) is 4.13. The molecule has 1 fully saturated rings. The van der Waals surface area contributed by atoms with Gasteiger partial charge in [0.1, 0.15) is 23.2 Å². The number of amides is 1. The molecule has 7 nitrogen and oxygen atoms in total. The predicted molar refractivity (Wildman–Crippen MR) is 99.5 cm³/mol. The Morgan fingerprint density at radius 1 is 1.33 bits per heavy atom. The summed E-state index contributed by atoms with van der Waals surface area (Å²) < 4.78 is 5.67. The molecule has 0 unspecified atom stereocenters. The molecule has 3 rings (SSSR count). The van der Waals surface area contributed by atoms with Gasteiger partial charge >= 0.3 is 0 Å². The molecule has 0 atom stereocenters. The number of rotatable bonds is 5. The van der Waals surface area contributed by atoms with Crippen LogP contribution < -0.4 is 5.32 Å². The molecule has 0 aliphatic heterocycles. The van der Waals surface area contributed by atoms with Gasteiger partial charge in [0.05, 0.1) is 4.92 Å². The lowest BCUT2D eigenvalue weighted by Gasteiger charge is -2.10. The third-order valence-corrected chi connectivity index (χ3v) is 4.66. The van der Waals surface area contributed by atoms with Crippen LogP contribution in [0.25, 0.3) is 17.4 Å². The van der Waals surface area contributed by atoms with Gasteiger partial charge in [0.25, 0.3) is 11.6 Å². The number of nitrogens with zero attached hydrogens (tertiary/aromatic N) is 2. The van der Waals surface area contributed by atoms with E-state index >= 15 is 0 Å². The zero-order valence-electron chi connectivity index (χ0n) is 14.9. The minimum Gasteiger partial charge on any atom is -0.457 e. The zero-order chi connectivity index (χ0) is 19.4. The highest BCUT2D eigenvalue weighted by Gasteiger charge is 2.20. The zero-order valence-corrected chi connectivity index (χ0v) is 14.9. The summed E-state index contributed by atoms with van der Waals surface area (Å²) in [4.78, 5) is 22.9. The van der Waals surface area contributed by atoms with Crippen LogP contribution >= 0.6 is 0 Å². The SMILES string of the molecule is Cc1ccc(-c2ccc(/C=C(/C#N)C(=O)NC3CCCC3)o2)cc1[N+](=O)[O-]. The Labute approximate surface area is 156 Å². The molecule has 1 heterocycles. The molecule has 1 saturated carbocycles. The fourth-order valence-electron chi connectivity index (χ4n) is 3.17. The summed E-state index contributed by atoms with van der Waals surface area (Å²) in [5, 5.41) is 23.3. The van der Waals surface area contributed by atoms with Crippen LogP contribution in [0.5, 0.6) is 0 Å². The van der Waals surface area contributed by atoms with E-state index in [-0.39, 0.29) is 17.3 Å². The first-order valence-corrected chi connectivity index (χ1v) is 8.76. The van der Waals surface area contributed by atoms with E-state index < -0.39 is 10.8 Å². The average Bonchev–Trinajstić information content (AvgIpc) is 3.31. The Balaban J connectivity index is 1.81. The summed E-state index contributed by atoms with van der Waals surface area (Å²) >= 11 is 0. The number of carbonyl (C=O) groups excluding carboxylic acids is 1. The molecule has 27 heavy (non-hydrogen) atoms. The molecule has 0 bridgehead atoms. The van der Waals surface area contributed by atoms with Gasteiger partial charge in [0.15, 0.2) is 0 Å². The molecular weight excluding hydrogens is 346 g/mol. The fourth-order valence-corrected chi connectivity index (χ4v) is 3.17. The summed E-state index contributed by atoms with van der Waals surface area (Å²) in [7, 11) is 0. The monoisotopic (exact) mass is 365 g/mol. The lowest BCUT2D eigenvalue weighted by Crippen LogP contribution is -2.33. The smallest absolute Gasteiger partial charge is 0.273 e. The Kier molecular flexibility index (Phi) is 5.36. The number of benzene rings is 1. The summed E-state index contributed by atoms with van der Waals surface area (Å²) in [6, 6.07) is 10.1. The summed E-state index contributed by atoms with van der Waals surface area (Å²) in [5.74, 6) is 0.359. The molecule has 0 spiro atoms. The van der Waals surface area contributed by atoms with Crippen LogP contribution in [-0.4, -0.2) is 16.9 Å². The molecule has 1 aromatic carbocycles. The number of nitro benzene ring substituents is 1. The number of hydrogen-bond donors (Lipinski definition) is 1. The minimum atomic E-state index is -0.441. The van der Waals surface area contributed by atoms with Crippen LogP contribution in [0.1, 0.15) is 37.0 Å². The van der Waals surface area contributed by atoms with E-state index in [1.54, 1.807) is 31.2 Å². The van der Waals surface area contributed by atoms with Gasteiger partial charge in [-0.05, 0) is 31.9 Å². The molecule has 2 aromatic rings. The standard InChI is InChI=1S/C20H19N3O4/c1-13-6-7-14(11-18(13)23(25)26)19-9-8-17(27-19)10-15(12-21)20(24)22-16-4-2-3-5-16/h6-11,16H,2-5H2,1H3,(H,22,24)/b15-10-. The maximum atomic E-state index is 12.2. The van der Waals surface area contributed by atoms with Gasteiger partial charge in [-0.25, -0.2) is 0 Å². The van der Waals surface area contributed by atoms with Crippen LogP contribution in [0.4, 0.5) is 5.69 Å². The Hall–Kier alpha value is -3.40. The highest BCUT2D eigenvalue weighted by molar-refractivity contribution is 6.01. The van der Waals surface area contributed by atoms with Gasteiger partial charge in [-0.15, -0.1) is 0 Å². The second-order valence-electron chi connectivity index (χ2n) is 6.59. The van der Waals surface area contributed by atoms with Crippen LogP contribution in [-0.2, 0) is 4.79 Å². The van der Waals surface area contributed by atoms with Crippen molar-refractivity contribution in [1.82, 2.24) is 5.32 Å². The maximum Gasteiger partial charge on any atom is 0.273 e. The van der Waals surface area contributed by atoms with Crippen molar-refractivity contribution in [2.24, 2.45) is 0 Å². The van der Waals surface area contributed by atoms with Crippen molar-refractivity contribution in [3.8, 4) is 17.4 Å². The van der Waals surface area contributed by atoms with Crippen molar-refractivity contribution in [1.29, 1.82) is 5.26 Å². The number of nitro groups is 1. The highest BCUT2D eigenvalue weighted by Crippen LogP contribution is 2.29. The number of hydrogen-bond acceptors (Lipinski definition) is 5. The van der Waals surface area contributed by atoms with E-state index in [0.29, 0.717) is 22.6 Å². The lowest BCUT2D eigenvalue weighted by atomic mass is 10.1. The molecule has 0 radical (unpaired) electrons. The van der Waals surface area contributed by atoms with Gasteiger partial charge in [-0.1, -0.05) is 25.0 Å². The molecule has 1 N–H and O–H groups in total. The first-order valence-electron chi connectivity index (χ1n) is 8.76. The van der Waals surface area contributed by atoms with E-state index in [1.165, 1.54) is 12.1 Å². The fraction of sp³-hybridized carbons (Fsp3) is 0.300. The number of nitrogens with one attached hydrogen (secondary N) is 1. The van der Waals surface area contributed by atoms with E-state index in [1.807, 2.05) is 6.07 Å². The van der Waals surface area contributed by atoms with Crippen LogP contribution in [0.15, 0.2) is 40.3 Å². The molecular formula is C20H19N3O4. The van der Waals surface area contributed by atoms with Crippen molar-refractivity contribution in [2.45, 2.75) is 38.6 Å². The largest absolute Gasteiger partial charge is 0.457 e. The first kappa shape index (κ1) is 18.4. The lowest BCUT2D eigenvalue weighted by molar-refractivity contribution is -0.385. The van der Waals surface area contributed by atoms with Crippen LogP contribution in [0.3, 0.4) is 0 Å². The van der Waals surface area contributed by atoms with Crippen molar-refractivity contribution >= 4 is 17.7 Å². The number of aryl methyl sites for hydroxylation is 1. The van der Waals surface area contributed by atoms with Gasteiger partial charge in [-0.3, -0.25) is 14.9 Å². The quantitative estimate of drug-likeness (QED) is 0.371. The van der Waals surface area contributed by atoms with Gasteiger partial charge < -0.3 is 9.73 Å². The van der Waals surface area contributed by atoms with E-state index in [9.17, 15) is 20.2 Å². The van der Waals surface area contributed by atoms with Crippen LogP contribution in [0.2, 0.25) is 0 Å². The van der Waals surface area contributed by atoms with E-state index in [4.69, 9.17) is 4.42 Å². The van der Waals surface area contributed by atoms with Crippen molar-refractivity contribution in [3.05, 3.63) is 57.3 Å². The maximum absolute atomic E-state index is 12.2. The second kappa shape index (κ2) is 7.87. The van der Waals surface area contributed by atoms with Crippen molar-refractivity contribution in [2.75, 3.05) is 0 Å². The third-order valence-electron chi connectivity index (χ3n) is 4.66. The molecule has 1 aliphatic carbocycles. The number of furan rings is 1. The van der Waals surface area contributed by atoms with E-state index in [0.717, 1.165) is 25.7 Å². The molecule has 138 valence electrons. The minimum absolute atomic E-state index is 0.00893. The average molecular weight is 365 g/mol. The number of carbonyl (C=O) groups is 1. The summed E-state index contributed by atoms with van der Waals surface area (Å²) in [6.45, 7) is 1.67. The molecule has 1 aromatic heterocycles. The van der Waals surface area contributed by atoms with Crippen molar-refractivity contribution in [3.63, 3.8) is 0 Å².